The van der Waals surface area contributed by atoms with E-state index in [1.54, 1.807) is 0 Å². The standard InChI is InChI=1S/C70H42N2S4/c1-3-11-47(12-4-1)71(51-29-37-65-61(41-51)53-15-7-9-17-63(53)73-65)49-25-19-43(20-26-49)45-23-31-55-57-33-35-60-59(69(57)75-67(55)39-45)36-34-58-56-32-24-46(40-68(56)76-70(58)60)44-21-27-50(28-22-44)72(48-13-5-2-6-14-48)52-30-38-66-62(42-52)54-16-8-10-18-64(54)74-66/h1-42H. The monoisotopic (exact) mass is 1040 g/mol. The van der Waals surface area contributed by atoms with Crippen LogP contribution in [0.2, 0.25) is 0 Å². The molecule has 356 valence electrons. The highest BCUT2D eigenvalue weighted by atomic mass is 32.1. The molecule has 4 heterocycles. The first-order valence-corrected chi connectivity index (χ1v) is 28.9. The Morgan fingerprint density at radius 3 is 0.934 bits per heavy atom. The fraction of sp³-hybridized carbons (Fsp3) is 0. The topological polar surface area (TPSA) is 6.48 Å². The first-order chi connectivity index (χ1) is 37.6. The molecule has 0 bridgehead atoms. The maximum absolute atomic E-state index is 2.39. The van der Waals surface area contributed by atoms with Gasteiger partial charge in [-0.3, -0.25) is 0 Å². The van der Waals surface area contributed by atoms with Gasteiger partial charge in [0.1, 0.15) is 0 Å². The van der Waals surface area contributed by atoms with Crippen LogP contribution in [0.4, 0.5) is 34.1 Å². The van der Waals surface area contributed by atoms with Crippen LogP contribution in [0.1, 0.15) is 0 Å². The highest BCUT2D eigenvalue weighted by Gasteiger charge is 2.19. The molecule has 0 N–H and O–H groups in total. The van der Waals surface area contributed by atoms with Gasteiger partial charge < -0.3 is 9.80 Å². The number of anilines is 6. The first-order valence-electron chi connectivity index (χ1n) is 25.6. The maximum atomic E-state index is 2.39. The molecule has 0 aliphatic carbocycles. The molecular weight excluding hydrogens is 997 g/mol. The van der Waals surface area contributed by atoms with E-state index in [9.17, 15) is 0 Å². The number of para-hydroxylation sites is 2. The molecule has 0 radical (unpaired) electrons. The van der Waals surface area contributed by atoms with Crippen molar-refractivity contribution in [3.8, 4) is 22.3 Å². The van der Waals surface area contributed by atoms with Gasteiger partial charge in [0.25, 0.3) is 0 Å². The van der Waals surface area contributed by atoms with Gasteiger partial charge in [-0.05, 0) is 131 Å². The number of fused-ring (bicyclic) bond motifs is 15. The zero-order chi connectivity index (χ0) is 49.8. The van der Waals surface area contributed by atoms with E-state index >= 15 is 0 Å². The molecule has 0 aliphatic heterocycles. The van der Waals surface area contributed by atoms with Gasteiger partial charge in [-0.25, -0.2) is 0 Å². The van der Waals surface area contributed by atoms with E-state index in [2.05, 4.69) is 265 Å². The summed E-state index contributed by atoms with van der Waals surface area (Å²) in [7, 11) is 0. The maximum Gasteiger partial charge on any atom is 0.0468 e. The van der Waals surface area contributed by atoms with Gasteiger partial charge in [0, 0.05) is 126 Å². The van der Waals surface area contributed by atoms with Crippen molar-refractivity contribution < 1.29 is 0 Å². The normalized spacial score (nSPS) is 11.9. The van der Waals surface area contributed by atoms with E-state index in [0.717, 1.165) is 34.1 Å². The van der Waals surface area contributed by atoms with E-state index in [0.29, 0.717) is 0 Å². The van der Waals surface area contributed by atoms with E-state index < -0.39 is 0 Å². The zero-order valence-electron chi connectivity index (χ0n) is 40.8. The second-order valence-corrected chi connectivity index (χ2v) is 23.9. The lowest BCUT2D eigenvalue weighted by Crippen LogP contribution is -2.09. The number of rotatable bonds is 8. The van der Waals surface area contributed by atoms with Crippen LogP contribution >= 0.6 is 45.3 Å². The van der Waals surface area contributed by atoms with Crippen LogP contribution in [0, 0.1) is 0 Å². The second-order valence-electron chi connectivity index (χ2n) is 19.6. The molecule has 0 aliphatic rings. The minimum absolute atomic E-state index is 1.13. The van der Waals surface area contributed by atoms with Crippen LogP contribution in [0.3, 0.4) is 0 Å². The number of hydrogen-bond donors (Lipinski definition) is 0. The smallest absolute Gasteiger partial charge is 0.0468 e. The van der Waals surface area contributed by atoms with Crippen LogP contribution in [0.15, 0.2) is 255 Å². The van der Waals surface area contributed by atoms with Gasteiger partial charge in [-0.15, -0.1) is 45.3 Å². The molecule has 2 nitrogen and oxygen atoms in total. The molecule has 4 aromatic heterocycles. The molecule has 0 saturated carbocycles. The first kappa shape index (κ1) is 43.7. The molecule has 12 aromatic carbocycles. The Bertz CT molecular complexity index is 4620. The van der Waals surface area contributed by atoms with Crippen molar-refractivity contribution in [2.75, 3.05) is 9.80 Å². The molecular formula is C70H42N2S4. The molecule has 0 spiro atoms. The molecule has 0 unspecified atom stereocenters. The van der Waals surface area contributed by atoms with Crippen molar-refractivity contribution >= 4 is 171 Å². The average Bonchev–Trinajstić information content (AvgIpc) is 4.29. The molecule has 76 heavy (non-hydrogen) atoms. The Kier molecular flexibility index (Phi) is 10.1. The lowest BCUT2D eigenvalue weighted by molar-refractivity contribution is 1.29. The van der Waals surface area contributed by atoms with Crippen molar-refractivity contribution in [3.63, 3.8) is 0 Å². The predicted molar refractivity (Wildman–Crippen MR) is 336 cm³/mol. The summed E-state index contributed by atoms with van der Waals surface area (Å²) in [4.78, 5) is 4.74. The van der Waals surface area contributed by atoms with E-state index in [1.807, 2.05) is 45.3 Å². The SMILES string of the molecule is c1ccc(N(c2ccc(-c3ccc4c(c3)sc3c4ccc4c3ccc3c5ccc(-c6ccc(N(c7ccccc7)c7ccc8sc9ccccc9c8c7)cc6)cc5sc34)cc2)c2ccc3sc4ccccc4c3c2)cc1. The summed E-state index contributed by atoms with van der Waals surface area (Å²) < 4.78 is 10.6. The second kappa shape index (κ2) is 17.5. The third kappa shape index (κ3) is 7.10. The molecule has 6 heteroatoms. The molecule has 0 amide bonds. The lowest BCUT2D eigenvalue weighted by Gasteiger charge is -2.26. The lowest BCUT2D eigenvalue weighted by atomic mass is 10.00. The molecule has 16 aromatic rings. The fourth-order valence-corrected chi connectivity index (χ4v) is 16.3. The van der Waals surface area contributed by atoms with Crippen LogP contribution < -0.4 is 9.80 Å². The van der Waals surface area contributed by atoms with Crippen molar-refractivity contribution in [1.29, 1.82) is 0 Å². The quantitative estimate of drug-likeness (QED) is 0.150. The van der Waals surface area contributed by atoms with Crippen molar-refractivity contribution in [2.24, 2.45) is 0 Å². The van der Waals surface area contributed by atoms with Gasteiger partial charge in [-0.2, -0.15) is 0 Å². The highest BCUT2D eigenvalue weighted by molar-refractivity contribution is 7.28. The Labute approximate surface area is 454 Å². The highest BCUT2D eigenvalue weighted by Crippen LogP contribution is 2.47. The van der Waals surface area contributed by atoms with E-state index in [4.69, 9.17) is 0 Å². The van der Waals surface area contributed by atoms with Crippen molar-refractivity contribution in [1.82, 2.24) is 0 Å². The number of benzene rings is 12. The van der Waals surface area contributed by atoms with Gasteiger partial charge in [0.2, 0.25) is 0 Å². The van der Waals surface area contributed by atoms with Gasteiger partial charge in [0.05, 0.1) is 0 Å². The number of thiophene rings is 4. The van der Waals surface area contributed by atoms with Crippen LogP contribution in [0.25, 0.3) is 114 Å². The zero-order valence-corrected chi connectivity index (χ0v) is 44.0. The Balaban J connectivity index is 0.713. The van der Waals surface area contributed by atoms with E-state index in [-0.39, 0.29) is 0 Å². The van der Waals surface area contributed by atoms with Crippen molar-refractivity contribution in [2.45, 2.75) is 0 Å². The molecule has 0 atom stereocenters. The van der Waals surface area contributed by atoms with Gasteiger partial charge in [0.15, 0.2) is 0 Å². The molecule has 16 rings (SSSR count). The summed E-state index contributed by atoms with van der Waals surface area (Å²) in [5, 5.41) is 13.1. The van der Waals surface area contributed by atoms with Gasteiger partial charge in [-0.1, -0.05) is 146 Å². The minimum Gasteiger partial charge on any atom is -0.310 e. The Morgan fingerprint density at radius 1 is 0.184 bits per heavy atom. The Morgan fingerprint density at radius 2 is 0.500 bits per heavy atom. The fourth-order valence-electron chi connectivity index (χ4n) is 11.6. The third-order valence-electron chi connectivity index (χ3n) is 15.3. The van der Waals surface area contributed by atoms with Crippen LogP contribution in [0.5, 0.6) is 0 Å². The number of hydrogen-bond acceptors (Lipinski definition) is 6. The summed E-state index contributed by atoms with van der Waals surface area (Å²) in [5.41, 5.74) is 11.7. The predicted octanol–water partition coefficient (Wildman–Crippen LogP) is 22.6. The number of nitrogens with zero attached hydrogens (tertiary/aromatic N) is 2. The minimum atomic E-state index is 1.13. The summed E-state index contributed by atoms with van der Waals surface area (Å²) in [5.74, 6) is 0. The van der Waals surface area contributed by atoms with Gasteiger partial charge >= 0.3 is 0 Å². The summed E-state index contributed by atoms with van der Waals surface area (Å²) >= 11 is 7.55. The van der Waals surface area contributed by atoms with Crippen LogP contribution in [-0.2, 0) is 0 Å². The molecule has 0 fully saturated rings. The average molecular weight is 1040 g/mol. The Hall–Kier alpha value is -8.62. The summed E-state index contributed by atoms with van der Waals surface area (Å²) in [6.45, 7) is 0. The van der Waals surface area contributed by atoms with Crippen LogP contribution in [-0.4, -0.2) is 0 Å². The largest absolute Gasteiger partial charge is 0.310 e. The third-order valence-corrected chi connectivity index (χ3v) is 20.0. The van der Waals surface area contributed by atoms with E-state index in [1.165, 1.54) is 114 Å². The summed E-state index contributed by atoms with van der Waals surface area (Å²) in [6.07, 6.45) is 0. The van der Waals surface area contributed by atoms with Crippen molar-refractivity contribution in [3.05, 3.63) is 255 Å². The molecule has 0 saturated heterocycles. The summed E-state index contributed by atoms with van der Waals surface area (Å²) in [6, 6.07) is 94.3.